The van der Waals surface area contributed by atoms with Crippen LogP contribution in [0.2, 0.25) is 5.02 Å². The smallest absolute Gasteiger partial charge is 0.261 e. The summed E-state index contributed by atoms with van der Waals surface area (Å²) in [6.07, 6.45) is 0. The minimum absolute atomic E-state index is 0.0743. The largest absolute Gasteiger partial charge is 0.440 e. The van der Waals surface area contributed by atoms with Crippen LogP contribution in [-0.2, 0) is 12.5 Å². The second-order valence-corrected chi connectivity index (χ2v) is 11.7. The molecule has 200 valence electrons. The predicted octanol–water partition coefficient (Wildman–Crippen LogP) is 6.56. The maximum atomic E-state index is 13.3. The molecule has 0 saturated heterocycles. The second-order valence-electron chi connectivity index (χ2n) is 11.3. The number of ether oxygens (including phenoxy) is 1. The van der Waals surface area contributed by atoms with Crippen LogP contribution in [0.15, 0.2) is 70.8 Å². The lowest BCUT2D eigenvalue weighted by molar-refractivity contribution is 0.379. The number of hydrogen-bond acceptors (Lipinski definition) is 5. The topological polar surface area (TPSA) is 110 Å². The zero-order valence-corrected chi connectivity index (χ0v) is 23.6. The van der Waals surface area contributed by atoms with E-state index in [4.69, 9.17) is 27.1 Å². The summed E-state index contributed by atoms with van der Waals surface area (Å²) in [7, 11) is 1.73. The average molecular weight is 550 g/mol. The number of nitrogens with zero attached hydrogens (tertiary/aromatic N) is 3. The van der Waals surface area contributed by atoms with E-state index in [0.29, 0.717) is 33.1 Å². The molecule has 5 aromatic rings. The van der Waals surface area contributed by atoms with Gasteiger partial charge in [-0.25, -0.2) is 4.98 Å². The minimum Gasteiger partial charge on any atom is -0.440 e. The number of nitriles is 1. The fraction of sp³-hybridized carbons (Fsp3) is 0.219. The molecular formula is C32H28ClN5O2. The summed E-state index contributed by atoms with van der Waals surface area (Å²) in [5.74, 6) is 0.680. The summed E-state index contributed by atoms with van der Waals surface area (Å²) in [4.78, 5) is 21.7. The van der Waals surface area contributed by atoms with Gasteiger partial charge in [-0.05, 0) is 60.4 Å². The minimum atomic E-state index is -0.528. The van der Waals surface area contributed by atoms with Crippen LogP contribution in [0.3, 0.4) is 0 Å². The molecule has 1 aliphatic rings. The number of halogens is 1. The van der Waals surface area contributed by atoms with Crippen LogP contribution in [0.25, 0.3) is 33.2 Å². The van der Waals surface area contributed by atoms with Gasteiger partial charge in [-0.3, -0.25) is 9.36 Å². The molecule has 1 unspecified atom stereocenters. The number of nitrogens with two attached hydrogens (primary N) is 1. The van der Waals surface area contributed by atoms with Crippen molar-refractivity contribution in [3.8, 4) is 23.2 Å². The van der Waals surface area contributed by atoms with Gasteiger partial charge < -0.3 is 15.5 Å². The van der Waals surface area contributed by atoms with Crippen LogP contribution in [0.4, 0.5) is 0 Å². The van der Waals surface area contributed by atoms with Crippen molar-refractivity contribution in [3.63, 3.8) is 0 Å². The zero-order valence-electron chi connectivity index (χ0n) is 22.9. The van der Waals surface area contributed by atoms with E-state index in [1.807, 2.05) is 55.5 Å². The number of hydrogen-bond donors (Lipinski definition) is 2. The molecule has 2 aromatic heterocycles. The molecule has 0 fully saturated rings. The molecule has 1 atom stereocenters. The van der Waals surface area contributed by atoms with Gasteiger partial charge in [0.1, 0.15) is 23.2 Å². The Hall–Kier alpha value is -4.54. The maximum absolute atomic E-state index is 13.3. The molecule has 3 N–H and O–H groups in total. The standard InChI is InChI=1S/C32H28ClN5O2/c1-16-26(20-14-18(33)10-11-25(20)36-16)27-21-12-17(30-37-24-9-7-6-8-19(24)31(39)38(30)5)13-23(32(2,3)4)28(21)40-29(35)22(27)15-34/h6-14,27,36H,35H2,1-5H3. The van der Waals surface area contributed by atoms with Crippen molar-refractivity contribution in [2.75, 3.05) is 0 Å². The highest BCUT2D eigenvalue weighted by atomic mass is 35.5. The van der Waals surface area contributed by atoms with Crippen molar-refractivity contribution in [1.82, 2.24) is 14.5 Å². The van der Waals surface area contributed by atoms with Crippen molar-refractivity contribution >= 4 is 33.4 Å². The van der Waals surface area contributed by atoms with Gasteiger partial charge in [-0.1, -0.05) is 44.5 Å². The molecule has 0 saturated carbocycles. The molecule has 0 aliphatic carbocycles. The molecule has 6 rings (SSSR count). The Morgan fingerprint density at radius 1 is 1.12 bits per heavy atom. The maximum Gasteiger partial charge on any atom is 0.261 e. The van der Waals surface area contributed by atoms with Crippen LogP contribution in [0.5, 0.6) is 5.75 Å². The molecule has 0 radical (unpaired) electrons. The number of benzene rings is 3. The van der Waals surface area contributed by atoms with Gasteiger partial charge in [-0.2, -0.15) is 5.26 Å². The number of aromatic nitrogens is 3. The third-order valence-electron chi connectivity index (χ3n) is 7.65. The van der Waals surface area contributed by atoms with E-state index in [1.54, 1.807) is 17.7 Å². The van der Waals surface area contributed by atoms with Crippen molar-refractivity contribution in [2.45, 2.75) is 39.0 Å². The van der Waals surface area contributed by atoms with Crippen LogP contribution < -0.4 is 16.0 Å². The fourth-order valence-corrected chi connectivity index (χ4v) is 5.89. The molecule has 1 aliphatic heterocycles. The summed E-state index contributed by atoms with van der Waals surface area (Å²) in [5, 5.41) is 12.4. The number of rotatable bonds is 2. The Labute approximate surface area is 236 Å². The van der Waals surface area contributed by atoms with Crippen molar-refractivity contribution < 1.29 is 4.74 Å². The molecule has 3 aromatic carbocycles. The first-order chi connectivity index (χ1) is 19.0. The highest BCUT2D eigenvalue weighted by Crippen LogP contribution is 2.50. The number of aromatic amines is 1. The number of para-hydroxylation sites is 1. The first-order valence-corrected chi connectivity index (χ1v) is 13.4. The molecular weight excluding hydrogens is 522 g/mol. The normalized spacial score (nSPS) is 15.3. The Bertz CT molecular complexity index is 2000. The lowest BCUT2D eigenvalue weighted by Gasteiger charge is -2.32. The molecule has 0 spiro atoms. The van der Waals surface area contributed by atoms with E-state index >= 15 is 0 Å². The van der Waals surface area contributed by atoms with Gasteiger partial charge in [0.25, 0.3) is 5.56 Å². The predicted molar refractivity (Wildman–Crippen MR) is 158 cm³/mol. The van der Waals surface area contributed by atoms with Crippen LogP contribution in [0.1, 0.15) is 49.1 Å². The van der Waals surface area contributed by atoms with E-state index in [2.05, 4.69) is 31.8 Å². The van der Waals surface area contributed by atoms with E-state index in [0.717, 1.165) is 38.9 Å². The molecule has 0 bridgehead atoms. The number of H-pyrrole nitrogens is 1. The number of fused-ring (bicyclic) bond motifs is 3. The molecule has 3 heterocycles. The van der Waals surface area contributed by atoms with Gasteiger partial charge in [0.05, 0.1) is 16.8 Å². The molecule has 40 heavy (non-hydrogen) atoms. The van der Waals surface area contributed by atoms with Gasteiger partial charge in [0.15, 0.2) is 0 Å². The molecule has 0 amide bonds. The van der Waals surface area contributed by atoms with Crippen LogP contribution in [0, 0.1) is 18.3 Å². The van der Waals surface area contributed by atoms with Crippen molar-refractivity contribution in [1.29, 1.82) is 5.26 Å². The third-order valence-corrected chi connectivity index (χ3v) is 7.89. The fourth-order valence-electron chi connectivity index (χ4n) is 5.72. The Morgan fingerprint density at radius 2 is 1.88 bits per heavy atom. The summed E-state index contributed by atoms with van der Waals surface area (Å²) >= 11 is 6.43. The SMILES string of the molecule is Cc1[nH]c2ccc(Cl)cc2c1C1C(C#N)=C(N)Oc2c1cc(-c1nc3ccccc3c(=O)n1C)cc2C(C)(C)C. The van der Waals surface area contributed by atoms with Gasteiger partial charge in [0, 0.05) is 45.4 Å². The van der Waals surface area contributed by atoms with Crippen LogP contribution >= 0.6 is 11.6 Å². The van der Waals surface area contributed by atoms with E-state index < -0.39 is 5.92 Å². The summed E-state index contributed by atoms with van der Waals surface area (Å²) in [5.41, 5.74) is 12.0. The monoisotopic (exact) mass is 549 g/mol. The summed E-state index contributed by atoms with van der Waals surface area (Å²) in [6, 6.07) is 19.3. The van der Waals surface area contributed by atoms with E-state index in [9.17, 15) is 10.1 Å². The van der Waals surface area contributed by atoms with Gasteiger partial charge >= 0.3 is 0 Å². The average Bonchev–Trinajstić information content (AvgIpc) is 3.23. The zero-order chi connectivity index (χ0) is 28.5. The number of allylic oxidation sites excluding steroid dienone is 1. The van der Waals surface area contributed by atoms with Gasteiger partial charge in [-0.15, -0.1) is 0 Å². The Morgan fingerprint density at radius 3 is 2.60 bits per heavy atom. The quantitative estimate of drug-likeness (QED) is 0.259. The first-order valence-electron chi connectivity index (χ1n) is 13.0. The molecule has 8 heteroatoms. The van der Waals surface area contributed by atoms with E-state index in [1.165, 1.54) is 0 Å². The Kier molecular flexibility index (Phi) is 5.79. The first kappa shape index (κ1) is 25.7. The van der Waals surface area contributed by atoms with Crippen molar-refractivity contribution in [3.05, 3.63) is 104 Å². The van der Waals surface area contributed by atoms with Crippen LogP contribution in [-0.4, -0.2) is 14.5 Å². The number of nitrogens with one attached hydrogen (secondary N) is 1. The third kappa shape index (κ3) is 3.87. The lowest BCUT2D eigenvalue weighted by Crippen LogP contribution is -2.25. The lowest BCUT2D eigenvalue weighted by atomic mass is 9.77. The van der Waals surface area contributed by atoms with Crippen molar-refractivity contribution in [2.24, 2.45) is 12.8 Å². The highest BCUT2D eigenvalue weighted by molar-refractivity contribution is 6.31. The van der Waals surface area contributed by atoms with Gasteiger partial charge in [0.2, 0.25) is 5.88 Å². The van der Waals surface area contributed by atoms with E-state index in [-0.39, 0.29) is 16.9 Å². The highest BCUT2D eigenvalue weighted by Gasteiger charge is 2.37. The molecule has 7 nitrogen and oxygen atoms in total. The summed E-state index contributed by atoms with van der Waals surface area (Å²) in [6.45, 7) is 8.25. The second kappa shape index (κ2) is 9.00. The summed E-state index contributed by atoms with van der Waals surface area (Å²) < 4.78 is 7.79. The number of aryl methyl sites for hydroxylation is 1. The Balaban J connectivity index is 1.72.